The maximum Gasteiger partial charge on any atom is 0.194 e. The Labute approximate surface area is 205 Å². The van der Waals surface area contributed by atoms with Crippen LogP contribution in [0, 0.1) is 0 Å². The van der Waals surface area contributed by atoms with E-state index in [4.69, 9.17) is 60.7 Å². The van der Waals surface area contributed by atoms with Gasteiger partial charge in [0.1, 0.15) is 18.4 Å². The first-order valence-corrected chi connectivity index (χ1v) is 11.2. The Morgan fingerprint density at radius 3 is 2.59 bits per heavy atom. The summed E-state index contributed by atoms with van der Waals surface area (Å²) in [7, 11) is 0. The number of aromatic nitrogens is 2. The summed E-state index contributed by atoms with van der Waals surface area (Å²) in [4.78, 5) is 9.71. The predicted octanol–water partition coefficient (Wildman–Crippen LogP) is 6.21. The van der Waals surface area contributed by atoms with Crippen LogP contribution >= 0.6 is 46.4 Å². The van der Waals surface area contributed by atoms with Gasteiger partial charge in [-0.05, 0) is 37.3 Å². The number of ether oxygens (including phenoxy) is 2. The summed E-state index contributed by atoms with van der Waals surface area (Å²) < 4.78 is 13.8. The zero-order valence-corrected chi connectivity index (χ0v) is 20.0. The maximum atomic E-state index is 6.39. The molecule has 0 bridgehead atoms. The van der Waals surface area contributed by atoms with Crippen LogP contribution in [-0.2, 0) is 26.6 Å². The molecule has 6 nitrogen and oxygen atoms in total. The van der Waals surface area contributed by atoms with Crippen molar-refractivity contribution in [2.24, 2.45) is 5.16 Å². The second kappa shape index (κ2) is 10.00. The molecule has 3 aromatic rings. The normalized spacial score (nSPS) is 21.2. The van der Waals surface area contributed by atoms with Gasteiger partial charge in [0.15, 0.2) is 5.79 Å². The predicted molar refractivity (Wildman–Crippen MR) is 126 cm³/mol. The van der Waals surface area contributed by atoms with E-state index in [1.165, 1.54) is 0 Å². The zero-order chi connectivity index (χ0) is 22.7. The summed E-state index contributed by atoms with van der Waals surface area (Å²) >= 11 is 24.7. The lowest BCUT2D eigenvalue weighted by atomic mass is 10.1. The number of rotatable bonds is 7. The third kappa shape index (κ3) is 5.39. The first-order valence-electron chi connectivity index (χ1n) is 9.71. The summed E-state index contributed by atoms with van der Waals surface area (Å²) in [6, 6.07) is 10.4. The van der Waals surface area contributed by atoms with Crippen molar-refractivity contribution >= 4 is 52.1 Å². The van der Waals surface area contributed by atoms with Crippen molar-refractivity contribution in [3.8, 4) is 0 Å². The molecule has 1 fully saturated rings. The van der Waals surface area contributed by atoms with Crippen LogP contribution < -0.4 is 0 Å². The molecule has 0 saturated carbocycles. The van der Waals surface area contributed by atoms with Crippen molar-refractivity contribution in [1.82, 2.24) is 9.55 Å². The zero-order valence-electron chi connectivity index (χ0n) is 17.0. The van der Waals surface area contributed by atoms with Crippen LogP contribution in [0.2, 0.25) is 20.1 Å². The molecular formula is C22H19Cl4N3O3. The van der Waals surface area contributed by atoms with Gasteiger partial charge < -0.3 is 18.9 Å². The van der Waals surface area contributed by atoms with Crippen LogP contribution in [0.3, 0.4) is 0 Å². The number of hydrogen-bond donors (Lipinski definition) is 0. The minimum absolute atomic E-state index is 0.180. The number of oxime groups is 1. The van der Waals surface area contributed by atoms with Crippen LogP contribution in [0.1, 0.15) is 18.1 Å². The Morgan fingerprint density at radius 1 is 1.16 bits per heavy atom. The summed E-state index contributed by atoms with van der Waals surface area (Å²) in [5, 5.41) is 6.37. The molecule has 2 aromatic carbocycles. The van der Waals surface area contributed by atoms with Crippen LogP contribution in [-0.4, -0.2) is 34.6 Å². The van der Waals surface area contributed by atoms with Crippen LogP contribution in [0.25, 0.3) is 0 Å². The average Bonchev–Trinajstić information content (AvgIpc) is 3.37. The lowest BCUT2D eigenvalue weighted by Crippen LogP contribution is -2.26. The fraction of sp³-hybridized carbons (Fsp3) is 0.273. The fourth-order valence-electron chi connectivity index (χ4n) is 3.36. The number of imidazole rings is 1. The van der Waals surface area contributed by atoms with E-state index >= 15 is 0 Å². The van der Waals surface area contributed by atoms with Gasteiger partial charge in [-0.15, -0.1) is 0 Å². The highest BCUT2D eigenvalue weighted by Gasteiger charge is 2.40. The van der Waals surface area contributed by atoms with E-state index in [9.17, 15) is 0 Å². The summed E-state index contributed by atoms with van der Waals surface area (Å²) in [5.41, 5.74) is 2.03. The molecule has 1 aliphatic rings. The van der Waals surface area contributed by atoms with Gasteiger partial charge in [-0.3, -0.25) is 0 Å². The molecule has 168 valence electrons. The second-order valence-corrected chi connectivity index (χ2v) is 9.00. The SMILES string of the molecule is CC1(c2ccc(Cl)cc2Cl)OCC(CO/N=C(/Cn2ccnc2)c2ccc(Cl)cc2Cl)O1. The van der Waals surface area contributed by atoms with Gasteiger partial charge in [-0.1, -0.05) is 57.6 Å². The molecule has 2 atom stereocenters. The minimum Gasteiger partial charge on any atom is -0.393 e. The van der Waals surface area contributed by atoms with Crippen molar-refractivity contribution < 1.29 is 14.3 Å². The van der Waals surface area contributed by atoms with Gasteiger partial charge in [0.25, 0.3) is 0 Å². The van der Waals surface area contributed by atoms with E-state index < -0.39 is 5.79 Å². The van der Waals surface area contributed by atoms with E-state index in [0.717, 1.165) is 0 Å². The lowest BCUT2D eigenvalue weighted by Gasteiger charge is -2.24. The third-order valence-corrected chi connectivity index (χ3v) is 6.02. The monoisotopic (exact) mass is 513 g/mol. The smallest absolute Gasteiger partial charge is 0.194 e. The highest BCUT2D eigenvalue weighted by atomic mass is 35.5. The molecule has 1 aliphatic heterocycles. The van der Waals surface area contributed by atoms with Gasteiger partial charge in [0, 0.05) is 33.6 Å². The highest BCUT2D eigenvalue weighted by Crippen LogP contribution is 2.38. The number of benzene rings is 2. The van der Waals surface area contributed by atoms with Gasteiger partial charge in [-0.2, -0.15) is 0 Å². The second-order valence-electron chi connectivity index (χ2n) is 7.31. The van der Waals surface area contributed by atoms with E-state index in [-0.39, 0.29) is 12.7 Å². The van der Waals surface area contributed by atoms with Crippen molar-refractivity contribution in [2.45, 2.75) is 25.4 Å². The van der Waals surface area contributed by atoms with Crippen molar-refractivity contribution in [3.63, 3.8) is 0 Å². The molecule has 0 N–H and O–H groups in total. The Kier molecular flexibility index (Phi) is 7.30. The van der Waals surface area contributed by atoms with Gasteiger partial charge >= 0.3 is 0 Å². The van der Waals surface area contributed by atoms with Crippen molar-refractivity contribution in [2.75, 3.05) is 13.2 Å². The van der Waals surface area contributed by atoms with Crippen LogP contribution in [0.15, 0.2) is 60.3 Å². The first kappa shape index (κ1) is 23.4. The lowest BCUT2D eigenvalue weighted by molar-refractivity contribution is -0.167. The number of nitrogens with zero attached hydrogens (tertiary/aromatic N) is 3. The van der Waals surface area contributed by atoms with Crippen LogP contribution in [0.5, 0.6) is 0 Å². The van der Waals surface area contributed by atoms with Gasteiger partial charge in [0.2, 0.25) is 0 Å². The van der Waals surface area contributed by atoms with E-state index in [1.54, 1.807) is 48.9 Å². The topological polar surface area (TPSA) is 57.9 Å². The van der Waals surface area contributed by atoms with Crippen molar-refractivity contribution in [1.29, 1.82) is 0 Å². The first-order chi connectivity index (χ1) is 15.3. The number of hydrogen-bond acceptors (Lipinski definition) is 5. The molecule has 0 spiro atoms. The fourth-order valence-corrected chi connectivity index (χ4v) is 4.46. The molecule has 1 aromatic heterocycles. The van der Waals surface area contributed by atoms with Crippen molar-refractivity contribution in [3.05, 3.63) is 86.3 Å². The minimum atomic E-state index is -1.00. The molecule has 2 heterocycles. The Hall–Kier alpha value is -1.80. The average molecular weight is 515 g/mol. The molecule has 0 radical (unpaired) electrons. The molecular weight excluding hydrogens is 496 g/mol. The van der Waals surface area contributed by atoms with E-state index in [1.807, 2.05) is 17.7 Å². The van der Waals surface area contributed by atoms with Crippen LogP contribution in [0.4, 0.5) is 0 Å². The molecule has 4 rings (SSSR count). The Balaban J connectivity index is 1.46. The molecule has 2 unspecified atom stereocenters. The summed E-state index contributed by atoms with van der Waals surface area (Å²) in [6.45, 7) is 2.73. The molecule has 0 aliphatic carbocycles. The highest BCUT2D eigenvalue weighted by molar-refractivity contribution is 6.37. The molecule has 32 heavy (non-hydrogen) atoms. The Morgan fingerprint density at radius 2 is 1.91 bits per heavy atom. The Bertz CT molecular complexity index is 1120. The quantitative estimate of drug-likeness (QED) is 0.278. The largest absolute Gasteiger partial charge is 0.393 e. The number of halogens is 4. The maximum absolute atomic E-state index is 6.39. The summed E-state index contributed by atoms with van der Waals surface area (Å²) in [5.74, 6) is -1.00. The standard InChI is InChI=1S/C22H19Cl4N3O3/c1-22(18-5-3-15(24)9-20(18)26)30-11-16(32-22)12-31-28-21(10-29-7-6-27-13-29)17-4-2-14(23)8-19(17)25/h2-9,13,16H,10-12H2,1H3/b28-21-. The summed E-state index contributed by atoms with van der Waals surface area (Å²) in [6.07, 6.45) is 4.86. The van der Waals surface area contributed by atoms with E-state index in [2.05, 4.69) is 10.1 Å². The van der Waals surface area contributed by atoms with E-state index in [0.29, 0.717) is 50.1 Å². The molecule has 10 heteroatoms. The molecule has 0 amide bonds. The third-order valence-electron chi connectivity index (χ3n) is 4.93. The molecule has 1 saturated heterocycles. The van der Waals surface area contributed by atoms with Gasteiger partial charge in [0.05, 0.1) is 29.5 Å². The van der Waals surface area contributed by atoms with Gasteiger partial charge in [-0.25, -0.2) is 4.98 Å².